The molecule has 0 aliphatic heterocycles. The molecule has 32 heavy (non-hydrogen) atoms. The number of fused-ring (bicyclic) bond motifs is 1. The zero-order valence-corrected chi connectivity index (χ0v) is 17.7. The van der Waals surface area contributed by atoms with Gasteiger partial charge in [0.15, 0.2) is 0 Å². The number of carbonyl (C=O) groups excluding carboxylic acids is 1. The van der Waals surface area contributed by atoms with Crippen molar-refractivity contribution in [2.45, 2.75) is 13.8 Å². The Kier molecular flexibility index (Phi) is 5.85. The van der Waals surface area contributed by atoms with Crippen molar-refractivity contribution in [2.75, 3.05) is 6.61 Å². The fourth-order valence-electron chi connectivity index (χ4n) is 3.42. The number of carboxylic acids is 1. The van der Waals surface area contributed by atoms with Gasteiger partial charge in [-0.05, 0) is 61.9 Å². The SMILES string of the molecule is CCOC(=O)c1ccc(-c2ccc(C=Cc3cc(C(=O)O)c4cccc(C)c4n3)o2)cc1. The number of benzene rings is 2. The van der Waals surface area contributed by atoms with E-state index in [2.05, 4.69) is 4.98 Å². The summed E-state index contributed by atoms with van der Waals surface area (Å²) in [5, 5.41) is 10.2. The number of hydrogen-bond acceptors (Lipinski definition) is 5. The maximum atomic E-state index is 11.8. The molecule has 4 rings (SSSR count). The predicted octanol–water partition coefficient (Wildman–Crippen LogP) is 5.85. The van der Waals surface area contributed by atoms with Crippen molar-refractivity contribution in [1.82, 2.24) is 4.98 Å². The highest BCUT2D eigenvalue weighted by Gasteiger charge is 2.12. The van der Waals surface area contributed by atoms with Gasteiger partial charge >= 0.3 is 11.9 Å². The fourth-order valence-corrected chi connectivity index (χ4v) is 3.42. The number of carbonyl (C=O) groups is 2. The zero-order chi connectivity index (χ0) is 22.7. The summed E-state index contributed by atoms with van der Waals surface area (Å²) in [5.41, 5.74) is 3.61. The van der Waals surface area contributed by atoms with Gasteiger partial charge in [-0.2, -0.15) is 0 Å². The number of nitrogens with zero attached hydrogens (tertiary/aromatic N) is 1. The summed E-state index contributed by atoms with van der Waals surface area (Å²) in [4.78, 5) is 28.1. The predicted molar refractivity (Wildman–Crippen MR) is 122 cm³/mol. The largest absolute Gasteiger partial charge is 0.478 e. The first-order valence-electron chi connectivity index (χ1n) is 10.2. The molecule has 2 aromatic carbocycles. The molecule has 0 aliphatic rings. The monoisotopic (exact) mass is 427 g/mol. The quantitative estimate of drug-likeness (QED) is 0.388. The molecule has 0 bridgehead atoms. The number of aromatic carboxylic acids is 1. The van der Waals surface area contributed by atoms with Crippen LogP contribution in [-0.2, 0) is 4.74 Å². The van der Waals surface area contributed by atoms with Gasteiger partial charge in [-0.15, -0.1) is 0 Å². The molecule has 2 heterocycles. The highest BCUT2D eigenvalue weighted by atomic mass is 16.5. The first-order valence-corrected chi connectivity index (χ1v) is 10.2. The Bertz CT molecular complexity index is 1330. The number of aryl methyl sites for hydroxylation is 1. The number of furan rings is 1. The molecule has 0 spiro atoms. The van der Waals surface area contributed by atoms with Crippen molar-refractivity contribution in [3.05, 3.63) is 88.8 Å². The number of carboxylic acid groups (broad SMARTS) is 1. The van der Waals surface area contributed by atoms with Gasteiger partial charge in [0, 0.05) is 10.9 Å². The van der Waals surface area contributed by atoms with Crippen LogP contribution < -0.4 is 0 Å². The second kappa shape index (κ2) is 8.89. The van der Waals surface area contributed by atoms with E-state index in [-0.39, 0.29) is 11.5 Å². The summed E-state index contributed by atoms with van der Waals surface area (Å²) in [5.74, 6) is -0.114. The van der Waals surface area contributed by atoms with Crippen LogP contribution in [0, 0.1) is 6.92 Å². The Morgan fingerprint density at radius 1 is 1.06 bits per heavy atom. The molecule has 4 aromatic rings. The van der Waals surface area contributed by atoms with Crippen LogP contribution in [0.5, 0.6) is 0 Å². The lowest BCUT2D eigenvalue weighted by Gasteiger charge is -2.06. The average molecular weight is 427 g/mol. The standard InChI is InChI=1S/C26H21NO5/c1-3-31-26(30)18-9-7-17(8-10-18)23-14-13-20(32-23)12-11-19-15-22(25(28)29)21-6-4-5-16(2)24(21)27-19/h4-15H,3H2,1-2H3,(H,28,29). The summed E-state index contributed by atoms with van der Waals surface area (Å²) in [6.07, 6.45) is 3.47. The highest BCUT2D eigenvalue weighted by molar-refractivity contribution is 6.04. The number of esters is 1. The minimum atomic E-state index is -0.996. The summed E-state index contributed by atoms with van der Waals surface area (Å²) in [7, 11) is 0. The summed E-state index contributed by atoms with van der Waals surface area (Å²) >= 11 is 0. The maximum absolute atomic E-state index is 11.8. The molecule has 0 saturated carbocycles. The molecule has 6 nitrogen and oxygen atoms in total. The van der Waals surface area contributed by atoms with Crippen molar-refractivity contribution in [3.63, 3.8) is 0 Å². The number of pyridine rings is 1. The van der Waals surface area contributed by atoms with Crippen molar-refractivity contribution in [1.29, 1.82) is 0 Å². The third-order valence-electron chi connectivity index (χ3n) is 5.02. The van der Waals surface area contributed by atoms with Crippen molar-refractivity contribution in [3.8, 4) is 11.3 Å². The third-order valence-corrected chi connectivity index (χ3v) is 5.02. The summed E-state index contributed by atoms with van der Waals surface area (Å²) in [6, 6.07) is 17.7. The smallest absolute Gasteiger partial charge is 0.338 e. The van der Waals surface area contributed by atoms with E-state index >= 15 is 0 Å². The Morgan fingerprint density at radius 2 is 1.84 bits per heavy atom. The van der Waals surface area contributed by atoms with Gasteiger partial charge in [-0.1, -0.05) is 30.3 Å². The van der Waals surface area contributed by atoms with Gasteiger partial charge in [0.25, 0.3) is 0 Å². The molecule has 0 amide bonds. The molecule has 2 aromatic heterocycles. The first kappa shape index (κ1) is 21.1. The van der Waals surface area contributed by atoms with Crippen molar-refractivity contribution < 1.29 is 23.8 Å². The van der Waals surface area contributed by atoms with Gasteiger partial charge < -0.3 is 14.3 Å². The number of para-hydroxylation sites is 1. The van der Waals surface area contributed by atoms with Crippen LogP contribution in [0.25, 0.3) is 34.4 Å². The molecule has 160 valence electrons. The van der Waals surface area contributed by atoms with Crippen LogP contribution in [0.3, 0.4) is 0 Å². The highest BCUT2D eigenvalue weighted by Crippen LogP contribution is 2.25. The Morgan fingerprint density at radius 3 is 2.56 bits per heavy atom. The number of aromatic nitrogens is 1. The molecule has 0 unspecified atom stereocenters. The van der Waals surface area contributed by atoms with E-state index in [0.717, 1.165) is 11.1 Å². The molecule has 0 saturated heterocycles. The summed E-state index contributed by atoms with van der Waals surface area (Å²) < 4.78 is 10.9. The number of hydrogen-bond donors (Lipinski definition) is 1. The molecule has 0 radical (unpaired) electrons. The summed E-state index contributed by atoms with van der Waals surface area (Å²) in [6.45, 7) is 4.00. The molecule has 0 fully saturated rings. The van der Waals surface area contributed by atoms with Crippen LogP contribution in [0.2, 0.25) is 0 Å². The van der Waals surface area contributed by atoms with E-state index in [1.54, 1.807) is 55.5 Å². The molecular weight excluding hydrogens is 406 g/mol. The van der Waals surface area contributed by atoms with Gasteiger partial charge in [0.2, 0.25) is 0 Å². The van der Waals surface area contributed by atoms with Crippen LogP contribution in [0.15, 0.2) is 65.1 Å². The van der Waals surface area contributed by atoms with Crippen molar-refractivity contribution in [2.24, 2.45) is 0 Å². The van der Waals surface area contributed by atoms with E-state index in [4.69, 9.17) is 9.15 Å². The molecule has 6 heteroatoms. The molecule has 0 atom stereocenters. The lowest BCUT2D eigenvalue weighted by molar-refractivity contribution is 0.0526. The van der Waals surface area contributed by atoms with Crippen LogP contribution >= 0.6 is 0 Å². The Labute approximate surface area is 184 Å². The minimum absolute atomic E-state index is 0.208. The van der Waals surface area contributed by atoms with E-state index in [1.165, 1.54) is 0 Å². The van der Waals surface area contributed by atoms with Crippen LogP contribution in [-0.4, -0.2) is 28.6 Å². The molecular formula is C26H21NO5. The van der Waals surface area contributed by atoms with Gasteiger partial charge in [-0.25, -0.2) is 14.6 Å². The minimum Gasteiger partial charge on any atom is -0.478 e. The third kappa shape index (κ3) is 4.30. The maximum Gasteiger partial charge on any atom is 0.338 e. The fraction of sp³-hybridized carbons (Fsp3) is 0.115. The van der Waals surface area contributed by atoms with Gasteiger partial charge in [-0.3, -0.25) is 0 Å². The van der Waals surface area contributed by atoms with E-state index in [0.29, 0.717) is 40.3 Å². The second-order valence-corrected chi connectivity index (χ2v) is 7.20. The zero-order valence-electron chi connectivity index (χ0n) is 17.7. The lowest BCUT2D eigenvalue weighted by atomic mass is 10.0. The molecule has 1 N–H and O–H groups in total. The second-order valence-electron chi connectivity index (χ2n) is 7.20. The molecule has 0 aliphatic carbocycles. The van der Waals surface area contributed by atoms with E-state index in [9.17, 15) is 14.7 Å². The van der Waals surface area contributed by atoms with Crippen LogP contribution in [0.1, 0.15) is 44.7 Å². The Balaban J connectivity index is 1.59. The van der Waals surface area contributed by atoms with Crippen LogP contribution in [0.4, 0.5) is 0 Å². The number of ether oxygens (including phenoxy) is 1. The van der Waals surface area contributed by atoms with Gasteiger partial charge in [0.1, 0.15) is 11.5 Å². The average Bonchev–Trinajstić information content (AvgIpc) is 3.27. The normalized spacial score (nSPS) is 11.2. The number of rotatable bonds is 6. The lowest BCUT2D eigenvalue weighted by Crippen LogP contribution is -2.03. The first-order chi connectivity index (χ1) is 15.5. The Hall–Kier alpha value is -4.19. The van der Waals surface area contributed by atoms with Gasteiger partial charge in [0.05, 0.1) is 28.9 Å². The van der Waals surface area contributed by atoms with Crippen molar-refractivity contribution >= 4 is 35.0 Å². The van der Waals surface area contributed by atoms with E-state index < -0.39 is 5.97 Å². The topological polar surface area (TPSA) is 89.6 Å². The van der Waals surface area contributed by atoms with E-state index in [1.807, 2.05) is 31.2 Å².